The van der Waals surface area contributed by atoms with Crippen molar-refractivity contribution in [1.29, 1.82) is 0 Å². The normalized spacial score (nSPS) is 13.7. The molecular weight excluding hydrogens is 370 g/mol. The van der Waals surface area contributed by atoms with Gasteiger partial charge >= 0.3 is 0 Å². The summed E-state index contributed by atoms with van der Waals surface area (Å²) in [6, 6.07) is 21.7. The van der Waals surface area contributed by atoms with Crippen LogP contribution in [0.4, 0.5) is 11.4 Å². The molecule has 3 aromatic rings. The van der Waals surface area contributed by atoms with Gasteiger partial charge in [-0.05, 0) is 66.4 Å². The molecule has 4 nitrogen and oxygen atoms in total. The van der Waals surface area contributed by atoms with Gasteiger partial charge in [0.1, 0.15) is 0 Å². The topological polar surface area (TPSA) is 54.0 Å². The average molecular weight is 398 g/mol. The van der Waals surface area contributed by atoms with Crippen LogP contribution in [0, 0.1) is 5.92 Å². The third-order valence-electron chi connectivity index (χ3n) is 5.52. The molecule has 1 amide bonds. The van der Waals surface area contributed by atoms with Gasteiger partial charge in [-0.2, -0.15) is 0 Å². The van der Waals surface area contributed by atoms with E-state index in [1.165, 1.54) is 19.3 Å². The number of carbonyl (C=O) groups is 1. The van der Waals surface area contributed by atoms with Crippen LogP contribution in [0.15, 0.2) is 72.9 Å². The largest absolute Gasteiger partial charge is 0.356 e. The number of pyridine rings is 1. The molecule has 1 aliphatic carbocycles. The summed E-state index contributed by atoms with van der Waals surface area (Å²) < 4.78 is 0. The van der Waals surface area contributed by atoms with Gasteiger partial charge in [-0.25, -0.2) is 0 Å². The van der Waals surface area contributed by atoms with Crippen molar-refractivity contribution in [2.24, 2.45) is 5.92 Å². The molecule has 1 heterocycles. The number of amides is 1. The fraction of sp³-hybridized carbons (Fsp3) is 0.231. The zero-order valence-corrected chi connectivity index (χ0v) is 17.1. The summed E-state index contributed by atoms with van der Waals surface area (Å²) in [4.78, 5) is 16.7. The number of benzene rings is 2. The number of carbonyl (C=O) groups excluding carboxylic acids is 1. The highest BCUT2D eigenvalue weighted by Crippen LogP contribution is 2.28. The highest BCUT2D eigenvalue weighted by molar-refractivity contribution is 5.95. The van der Waals surface area contributed by atoms with Gasteiger partial charge in [-0.3, -0.25) is 9.78 Å². The van der Waals surface area contributed by atoms with Crippen LogP contribution in [-0.4, -0.2) is 17.4 Å². The second kappa shape index (κ2) is 9.88. The first-order valence-electron chi connectivity index (χ1n) is 10.6. The summed E-state index contributed by atoms with van der Waals surface area (Å²) in [5.41, 5.74) is 4.60. The maximum Gasteiger partial charge on any atom is 0.251 e. The van der Waals surface area contributed by atoms with Gasteiger partial charge < -0.3 is 10.6 Å². The molecule has 0 aliphatic heterocycles. The molecule has 0 unspecified atom stereocenters. The van der Waals surface area contributed by atoms with Crippen LogP contribution >= 0.6 is 0 Å². The Balaban J connectivity index is 1.33. The van der Waals surface area contributed by atoms with Crippen molar-refractivity contribution in [2.75, 3.05) is 11.9 Å². The van der Waals surface area contributed by atoms with Crippen molar-refractivity contribution < 1.29 is 4.79 Å². The lowest BCUT2D eigenvalue weighted by Gasteiger charge is -2.25. The lowest BCUT2D eigenvalue weighted by Crippen LogP contribution is -2.27. The van der Waals surface area contributed by atoms with Gasteiger partial charge in [0.25, 0.3) is 5.91 Å². The van der Waals surface area contributed by atoms with Gasteiger partial charge in [-0.1, -0.05) is 49.6 Å². The van der Waals surface area contributed by atoms with Crippen molar-refractivity contribution in [2.45, 2.75) is 25.7 Å². The quantitative estimate of drug-likeness (QED) is 0.496. The summed E-state index contributed by atoms with van der Waals surface area (Å²) in [5.74, 6) is 0.799. The maximum absolute atomic E-state index is 12.4. The third-order valence-corrected chi connectivity index (χ3v) is 5.52. The van der Waals surface area contributed by atoms with Crippen LogP contribution in [0.5, 0.6) is 0 Å². The van der Waals surface area contributed by atoms with E-state index in [0.717, 1.165) is 41.5 Å². The van der Waals surface area contributed by atoms with Crippen molar-refractivity contribution >= 4 is 29.4 Å². The number of anilines is 2. The summed E-state index contributed by atoms with van der Waals surface area (Å²) in [5, 5.41) is 6.42. The first-order valence-corrected chi connectivity index (χ1v) is 10.6. The average Bonchev–Trinajstić information content (AvgIpc) is 2.76. The predicted molar refractivity (Wildman–Crippen MR) is 124 cm³/mol. The van der Waals surface area contributed by atoms with Crippen LogP contribution in [0.2, 0.25) is 0 Å². The number of nitrogens with one attached hydrogen (secondary N) is 2. The Morgan fingerprint density at radius 2 is 1.83 bits per heavy atom. The summed E-state index contributed by atoms with van der Waals surface area (Å²) >= 11 is 0. The molecule has 0 radical (unpaired) electrons. The minimum Gasteiger partial charge on any atom is -0.356 e. The van der Waals surface area contributed by atoms with E-state index >= 15 is 0 Å². The van der Waals surface area contributed by atoms with E-state index in [0.29, 0.717) is 5.56 Å². The Hall–Kier alpha value is -3.40. The molecule has 0 saturated heterocycles. The molecule has 2 aromatic carbocycles. The van der Waals surface area contributed by atoms with E-state index in [1.807, 2.05) is 66.7 Å². The van der Waals surface area contributed by atoms with Gasteiger partial charge in [0.15, 0.2) is 0 Å². The first kappa shape index (κ1) is 19.9. The lowest BCUT2D eigenvalue weighted by molar-refractivity contribution is 0.0949. The Bertz CT molecular complexity index is 992. The summed E-state index contributed by atoms with van der Waals surface area (Å²) in [7, 11) is 0. The molecule has 30 heavy (non-hydrogen) atoms. The number of hydrogen-bond donors (Lipinski definition) is 2. The molecule has 0 bridgehead atoms. The monoisotopic (exact) mass is 397 g/mol. The SMILES string of the molecule is O=C(NCCC1CCC1)c1cccc(Nc2ccc(/C=C/c3ccccn3)cc2)c1. The standard InChI is InChI=1S/C26H27N3O/c30-26(28-18-16-20-5-3-6-20)22-7-4-9-25(19-22)29-24-14-11-21(12-15-24)10-13-23-8-1-2-17-27-23/h1-2,4,7-15,17,19-20,29H,3,5-6,16,18H2,(H,28,30)/b13-10+. The van der Waals surface area contributed by atoms with Crippen molar-refractivity contribution in [3.63, 3.8) is 0 Å². The lowest BCUT2D eigenvalue weighted by atomic mass is 9.83. The van der Waals surface area contributed by atoms with E-state index in [4.69, 9.17) is 0 Å². The molecule has 0 spiro atoms. The zero-order valence-electron chi connectivity index (χ0n) is 17.1. The fourth-order valence-corrected chi connectivity index (χ4v) is 3.51. The van der Waals surface area contributed by atoms with Crippen molar-refractivity contribution in [3.05, 3.63) is 89.7 Å². The highest BCUT2D eigenvalue weighted by atomic mass is 16.1. The molecule has 4 rings (SSSR count). The molecule has 1 aromatic heterocycles. The minimum absolute atomic E-state index is 0.00650. The van der Waals surface area contributed by atoms with E-state index in [1.54, 1.807) is 6.20 Å². The van der Waals surface area contributed by atoms with Gasteiger partial charge in [-0.15, -0.1) is 0 Å². The Morgan fingerprint density at radius 3 is 2.57 bits per heavy atom. The first-order chi connectivity index (χ1) is 14.8. The molecule has 1 fully saturated rings. The number of aromatic nitrogens is 1. The van der Waals surface area contributed by atoms with E-state index in [2.05, 4.69) is 27.8 Å². The number of rotatable bonds is 8. The second-order valence-corrected chi connectivity index (χ2v) is 7.76. The summed E-state index contributed by atoms with van der Waals surface area (Å²) in [6.07, 6.45) is 10.9. The molecule has 152 valence electrons. The van der Waals surface area contributed by atoms with Gasteiger partial charge in [0.05, 0.1) is 5.69 Å². The zero-order chi connectivity index (χ0) is 20.6. The van der Waals surface area contributed by atoms with Crippen LogP contribution in [0.1, 0.15) is 47.3 Å². The number of hydrogen-bond acceptors (Lipinski definition) is 3. The summed E-state index contributed by atoms with van der Waals surface area (Å²) in [6.45, 7) is 0.759. The Kier molecular flexibility index (Phi) is 6.55. The third kappa shape index (κ3) is 5.57. The Morgan fingerprint density at radius 1 is 0.967 bits per heavy atom. The van der Waals surface area contributed by atoms with E-state index < -0.39 is 0 Å². The minimum atomic E-state index is -0.00650. The van der Waals surface area contributed by atoms with Crippen LogP contribution < -0.4 is 10.6 Å². The van der Waals surface area contributed by atoms with Crippen molar-refractivity contribution in [3.8, 4) is 0 Å². The maximum atomic E-state index is 12.4. The molecule has 1 aliphatic rings. The van der Waals surface area contributed by atoms with Gasteiger partial charge in [0, 0.05) is 29.7 Å². The molecule has 2 N–H and O–H groups in total. The highest BCUT2D eigenvalue weighted by Gasteiger charge is 2.17. The van der Waals surface area contributed by atoms with E-state index in [9.17, 15) is 4.79 Å². The van der Waals surface area contributed by atoms with Gasteiger partial charge in [0.2, 0.25) is 0 Å². The van der Waals surface area contributed by atoms with Crippen LogP contribution in [-0.2, 0) is 0 Å². The smallest absolute Gasteiger partial charge is 0.251 e. The van der Waals surface area contributed by atoms with Crippen LogP contribution in [0.25, 0.3) is 12.2 Å². The van der Waals surface area contributed by atoms with Crippen molar-refractivity contribution in [1.82, 2.24) is 10.3 Å². The second-order valence-electron chi connectivity index (χ2n) is 7.76. The van der Waals surface area contributed by atoms with E-state index in [-0.39, 0.29) is 5.91 Å². The Labute approximate surface area is 178 Å². The fourth-order valence-electron chi connectivity index (χ4n) is 3.51. The molecular formula is C26H27N3O. The molecule has 4 heteroatoms. The molecule has 1 saturated carbocycles. The number of nitrogens with zero attached hydrogens (tertiary/aromatic N) is 1. The molecule has 0 atom stereocenters. The predicted octanol–water partition coefficient (Wildman–Crippen LogP) is 5.92. The van der Waals surface area contributed by atoms with Crippen LogP contribution in [0.3, 0.4) is 0 Å².